The molecule has 1 unspecified atom stereocenters. The summed E-state index contributed by atoms with van der Waals surface area (Å²) in [4.78, 5) is 12.4. The maximum Gasteiger partial charge on any atom is 0.246 e. The number of carbonyl (C=O) groups excluding carboxylic acids is 1. The summed E-state index contributed by atoms with van der Waals surface area (Å²) in [6, 6.07) is 4.55. The number of methoxy groups -OCH3 is 1. The van der Waals surface area contributed by atoms with Crippen LogP contribution in [0.5, 0.6) is 5.75 Å². The minimum atomic E-state index is -3.59. The van der Waals surface area contributed by atoms with E-state index in [2.05, 4.69) is 5.32 Å². The number of sulfonamides is 1. The quantitative estimate of drug-likeness (QED) is 0.724. The van der Waals surface area contributed by atoms with Crippen molar-refractivity contribution >= 4 is 34.0 Å². The molecule has 9 heteroatoms. The van der Waals surface area contributed by atoms with E-state index in [0.29, 0.717) is 25.2 Å². The van der Waals surface area contributed by atoms with Gasteiger partial charge in [-0.3, -0.25) is 4.79 Å². The van der Waals surface area contributed by atoms with Gasteiger partial charge >= 0.3 is 0 Å². The largest absolute Gasteiger partial charge is 0.495 e. The number of anilines is 1. The van der Waals surface area contributed by atoms with Crippen LogP contribution in [-0.2, 0) is 14.8 Å². The standard InChI is InChI=1S/C17H27N3O4S.ClH/c1-4-9-17(2,18)16(21)19-13-7-8-15(14(12-13)24-3)25(22,23)20-10-5-6-11-20;/h7-8,12H,4-6,9-11,18H2,1-3H3,(H,19,21);1H. The zero-order valence-electron chi connectivity index (χ0n) is 15.4. The average Bonchev–Trinajstić information content (AvgIpc) is 3.09. The minimum Gasteiger partial charge on any atom is -0.495 e. The van der Waals surface area contributed by atoms with E-state index in [1.165, 1.54) is 23.5 Å². The molecule has 1 fully saturated rings. The van der Waals surface area contributed by atoms with Crippen molar-refractivity contribution in [1.82, 2.24) is 4.31 Å². The minimum absolute atomic E-state index is 0. The van der Waals surface area contributed by atoms with Crippen molar-refractivity contribution in [2.75, 3.05) is 25.5 Å². The number of nitrogens with zero attached hydrogens (tertiary/aromatic N) is 1. The predicted octanol–water partition coefficient (Wildman–Crippen LogP) is 2.36. The Labute approximate surface area is 161 Å². The van der Waals surface area contributed by atoms with E-state index < -0.39 is 15.6 Å². The number of carbonyl (C=O) groups is 1. The van der Waals surface area contributed by atoms with Crippen molar-refractivity contribution in [3.63, 3.8) is 0 Å². The first-order valence-electron chi connectivity index (χ1n) is 8.51. The first kappa shape index (κ1) is 22.7. The lowest BCUT2D eigenvalue weighted by atomic mass is 9.96. The normalized spacial score (nSPS) is 17.2. The van der Waals surface area contributed by atoms with Gasteiger partial charge < -0.3 is 15.8 Å². The van der Waals surface area contributed by atoms with Crippen molar-refractivity contribution in [3.8, 4) is 5.75 Å². The van der Waals surface area contributed by atoms with E-state index in [-0.39, 0.29) is 29.0 Å². The fraction of sp³-hybridized carbons (Fsp3) is 0.588. The number of rotatable bonds is 7. The molecule has 0 aromatic heterocycles. The molecule has 0 radical (unpaired) electrons. The Morgan fingerprint density at radius 1 is 1.35 bits per heavy atom. The Bertz CT molecular complexity index is 732. The zero-order chi connectivity index (χ0) is 18.7. The fourth-order valence-electron chi connectivity index (χ4n) is 2.93. The number of nitrogens with two attached hydrogens (primary N) is 1. The summed E-state index contributed by atoms with van der Waals surface area (Å²) in [5, 5.41) is 2.74. The van der Waals surface area contributed by atoms with Gasteiger partial charge in [-0.15, -0.1) is 12.4 Å². The third-order valence-electron chi connectivity index (χ3n) is 4.39. The van der Waals surface area contributed by atoms with Gasteiger partial charge in [0.25, 0.3) is 0 Å². The summed E-state index contributed by atoms with van der Waals surface area (Å²) >= 11 is 0. The summed E-state index contributed by atoms with van der Waals surface area (Å²) in [5.74, 6) is -0.106. The molecule has 0 spiro atoms. The first-order chi connectivity index (χ1) is 11.7. The maximum absolute atomic E-state index is 12.7. The number of nitrogens with one attached hydrogen (secondary N) is 1. The molecule has 0 saturated carbocycles. The van der Waals surface area contributed by atoms with Gasteiger partial charge in [-0.1, -0.05) is 13.3 Å². The van der Waals surface area contributed by atoms with Crippen LogP contribution in [-0.4, -0.2) is 44.4 Å². The molecule has 3 N–H and O–H groups in total. The number of halogens is 1. The monoisotopic (exact) mass is 405 g/mol. The summed E-state index contributed by atoms with van der Waals surface area (Å²) in [6.07, 6.45) is 3.07. The van der Waals surface area contributed by atoms with Gasteiger partial charge in [0.15, 0.2) is 0 Å². The second-order valence-corrected chi connectivity index (χ2v) is 8.50. The summed E-state index contributed by atoms with van der Waals surface area (Å²) in [5.41, 5.74) is 5.50. The van der Waals surface area contributed by atoms with Crippen LogP contribution in [0.2, 0.25) is 0 Å². The number of hydrogen-bond donors (Lipinski definition) is 2. The number of amides is 1. The van der Waals surface area contributed by atoms with Crippen molar-refractivity contribution in [2.45, 2.75) is 50.0 Å². The molecule has 1 saturated heterocycles. The molecule has 2 rings (SSSR count). The van der Waals surface area contributed by atoms with Gasteiger partial charge in [0.05, 0.1) is 12.6 Å². The van der Waals surface area contributed by atoms with Crippen LogP contribution in [0.25, 0.3) is 0 Å². The Morgan fingerprint density at radius 2 is 1.96 bits per heavy atom. The average molecular weight is 406 g/mol. The smallest absolute Gasteiger partial charge is 0.246 e. The number of hydrogen-bond acceptors (Lipinski definition) is 5. The molecule has 26 heavy (non-hydrogen) atoms. The molecule has 1 atom stereocenters. The highest BCUT2D eigenvalue weighted by atomic mass is 35.5. The molecule has 1 aromatic rings. The number of ether oxygens (including phenoxy) is 1. The highest BCUT2D eigenvalue weighted by Gasteiger charge is 2.31. The highest BCUT2D eigenvalue weighted by Crippen LogP contribution is 2.31. The van der Waals surface area contributed by atoms with Gasteiger partial charge in [0.2, 0.25) is 15.9 Å². The highest BCUT2D eigenvalue weighted by molar-refractivity contribution is 7.89. The van der Waals surface area contributed by atoms with E-state index in [1.54, 1.807) is 13.0 Å². The zero-order valence-corrected chi connectivity index (χ0v) is 17.1. The summed E-state index contributed by atoms with van der Waals surface area (Å²) in [6.45, 7) is 4.67. The Balaban J connectivity index is 0.00000338. The van der Waals surface area contributed by atoms with Crippen molar-refractivity contribution < 1.29 is 17.9 Å². The van der Waals surface area contributed by atoms with Crippen LogP contribution < -0.4 is 15.8 Å². The lowest BCUT2D eigenvalue weighted by molar-refractivity contribution is -0.120. The van der Waals surface area contributed by atoms with Crippen LogP contribution >= 0.6 is 12.4 Å². The van der Waals surface area contributed by atoms with Gasteiger partial charge in [0.1, 0.15) is 10.6 Å². The van der Waals surface area contributed by atoms with Gasteiger partial charge in [-0.25, -0.2) is 8.42 Å². The maximum atomic E-state index is 12.7. The Hall–Kier alpha value is -1.35. The SMILES string of the molecule is CCCC(C)(N)C(=O)Nc1ccc(S(=O)(=O)N2CCCC2)c(OC)c1.Cl. The van der Waals surface area contributed by atoms with E-state index in [1.807, 2.05) is 6.92 Å². The Morgan fingerprint density at radius 3 is 2.50 bits per heavy atom. The van der Waals surface area contributed by atoms with Crippen LogP contribution in [0.4, 0.5) is 5.69 Å². The molecule has 0 aliphatic carbocycles. The molecule has 148 valence electrons. The molecule has 0 bridgehead atoms. The van der Waals surface area contributed by atoms with E-state index >= 15 is 0 Å². The van der Waals surface area contributed by atoms with Crippen molar-refractivity contribution in [3.05, 3.63) is 18.2 Å². The predicted molar refractivity (Wildman–Crippen MR) is 104 cm³/mol. The lowest BCUT2D eigenvalue weighted by Gasteiger charge is -2.23. The molecule has 1 heterocycles. The van der Waals surface area contributed by atoms with Gasteiger partial charge in [-0.05, 0) is 38.3 Å². The summed E-state index contributed by atoms with van der Waals surface area (Å²) in [7, 11) is -2.18. The van der Waals surface area contributed by atoms with Crippen molar-refractivity contribution in [2.24, 2.45) is 5.73 Å². The second kappa shape index (κ2) is 9.03. The Kier molecular flexibility index (Phi) is 7.88. The van der Waals surface area contributed by atoms with Crippen LogP contribution in [0.3, 0.4) is 0 Å². The van der Waals surface area contributed by atoms with Gasteiger partial charge in [0, 0.05) is 24.8 Å². The number of benzene rings is 1. The molecule has 7 nitrogen and oxygen atoms in total. The van der Waals surface area contributed by atoms with E-state index in [0.717, 1.165) is 19.3 Å². The molecule has 1 amide bonds. The van der Waals surface area contributed by atoms with E-state index in [9.17, 15) is 13.2 Å². The molecule has 1 aromatic carbocycles. The van der Waals surface area contributed by atoms with Crippen LogP contribution in [0.1, 0.15) is 39.5 Å². The lowest BCUT2D eigenvalue weighted by Crippen LogP contribution is -2.48. The van der Waals surface area contributed by atoms with Crippen LogP contribution in [0, 0.1) is 0 Å². The van der Waals surface area contributed by atoms with Gasteiger partial charge in [-0.2, -0.15) is 4.31 Å². The fourth-order valence-corrected chi connectivity index (χ4v) is 4.59. The van der Waals surface area contributed by atoms with Crippen molar-refractivity contribution in [1.29, 1.82) is 0 Å². The second-order valence-electron chi connectivity index (χ2n) is 6.60. The molecule has 1 aliphatic heterocycles. The van der Waals surface area contributed by atoms with Crippen LogP contribution in [0.15, 0.2) is 23.1 Å². The third-order valence-corrected chi connectivity index (χ3v) is 6.33. The topological polar surface area (TPSA) is 102 Å². The molecule has 1 aliphatic rings. The van der Waals surface area contributed by atoms with E-state index in [4.69, 9.17) is 10.5 Å². The summed E-state index contributed by atoms with van der Waals surface area (Å²) < 4.78 is 32.2. The molecular weight excluding hydrogens is 378 g/mol. The third kappa shape index (κ3) is 4.88. The first-order valence-corrected chi connectivity index (χ1v) is 9.95. The molecular formula is C17H28ClN3O4S.